The van der Waals surface area contributed by atoms with Crippen molar-refractivity contribution in [2.75, 3.05) is 0 Å². The molecule has 4 aromatic heterocycles. The number of hydrogen-bond acceptors (Lipinski definition) is 5. The molecule has 5 nitrogen and oxygen atoms in total. The third-order valence-electron chi connectivity index (χ3n) is 13.3. The van der Waals surface area contributed by atoms with Gasteiger partial charge in [0.15, 0.2) is 17.5 Å². The molecule has 0 spiro atoms. The molecule has 0 saturated heterocycles. The number of nitrogens with zero attached hydrogens (tertiary/aromatic N) is 5. The van der Waals surface area contributed by atoms with E-state index in [0.717, 1.165) is 38.3 Å². The van der Waals surface area contributed by atoms with Crippen molar-refractivity contribution in [3.63, 3.8) is 0 Å². The Morgan fingerprint density at radius 3 is 1.86 bits per heavy atom. The fourth-order valence-electron chi connectivity index (χ4n) is 10.2. The highest BCUT2D eigenvalue weighted by Crippen LogP contribution is 2.50. The lowest BCUT2D eigenvalue weighted by Gasteiger charge is -2.21. The summed E-state index contributed by atoms with van der Waals surface area (Å²) in [5.74, 6) is 1.88. The molecule has 13 rings (SSSR count). The van der Waals surface area contributed by atoms with Gasteiger partial charge >= 0.3 is 0 Å². The Bertz CT molecular complexity index is 3860. The van der Waals surface area contributed by atoms with Gasteiger partial charge in [0.2, 0.25) is 0 Å². The van der Waals surface area contributed by atoms with E-state index in [-0.39, 0.29) is 5.41 Å². The van der Waals surface area contributed by atoms with E-state index in [1.54, 1.807) is 11.3 Å². The first kappa shape index (κ1) is 37.5. The minimum atomic E-state index is -0.153. The first-order valence-electron chi connectivity index (χ1n) is 22.0. The Hall–Kier alpha value is -8.06. The Kier molecular flexibility index (Phi) is 8.36. The van der Waals surface area contributed by atoms with Crippen LogP contribution in [0.15, 0.2) is 200 Å². The smallest absolute Gasteiger partial charge is 0.164 e. The van der Waals surface area contributed by atoms with Gasteiger partial charge in [0, 0.05) is 65.8 Å². The third kappa shape index (κ3) is 5.91. The van der Waals surface area contributed by atoms with Gasteiger partial charge in [0.25, 0.3) is 0 Å². The van der Waals surface area contributed by atoms with E-state index in [0.29, 0.717) is 17.5 Å². The predicted octanol–water partition coefficient (Wildman–Crippen LogP) is 15.4. The second-order valence-corrected chi connectivity index (χ2v) is 18.5. The quantitative estimate of drug-likeness (QED) is 0.167. The van der Waals surface area contributed by atoms with Crippen molar-refractivity contribution in [1.29, 1.82) is 0 Å². The van der Waals surface area contributed by atoms with Crippen LogP contribution in [0, 0.1) is 0 Å². The fraction of sp³-hybridized carbons (Fsp3) is 0.0508. The van der Waals surface area contributed by atoms with Gasteiger partial charge in [-0.3, -0.25) is 4.98 Å². The monoisotopic (exact) mass is 849 g/mol. The topological polar surface area (TPSA) is 56.5 Å². The largest absolute Gasteiger partial charge is 0.309 e. The van der Waals surface area contributed by atoms with Crippen LogP contribution in [0.25, 0.3) is 115 Å². The average molecular weight is 850 g/mol. The Morgan fingerprint density at radius 2 is 1.03 bits per heavy atom. The first-order chi connectivity index (χ1) is 32.0. The van der Waals surface area contributed by atoms with E-state index >= 15 is 0 Å². The number of thiophene rings is 1. The molecule has 12 aromatic rings. The second-order valence-electron chi connectivity index (χ2n) is 17.4. The van der Waals surface area contributed by atoms with Gasteiger partial charge in [-0.05, 0) is 88.0 Å². The maximum Gasteiger partial charge on any atom is 0.164 e. The summed E-state index contributed by atoms with van der Waals surface area (Å²) in [4.78, 5) is 20.7. The zero-order chi connectivity index (χ0) is 43.2. The maximum absolute atomic E-state index is 5.29. The van der Waals surface area contributed by atoms with Gasteiger partial charge in [-0.1, -0.05) is 153 Å². The number of aromatic nitrogens is 5. The highest BCUT2D eigenvalue weighted by Gasteiger charge is 2.35. The SMILES string of the molecule is CC1(C)c2ccccc2-c2ccc(-c3nc(-c4ccccc4)nc(-c4ccccc4-c4nccc5c4sc4ccc(-c6ccc7c(c6)c6ccccc6n7-c6ccccc6)cc45)n3)cc21. The summed E-state index contributed by atoms with van der Waals surface area (Å²) in [6.07, 6.45) is 1.94. The van der Waals surface area contributed by atoms with Crippen LogP contribution in [0.5, 0.6) is 0 Å². The molecule has 0 aliphatic heterocycles. The van der Waals surface area contributed by atoms with Crippen LogP contribution in [-0.2, 0) is 5.41 Å². The van der Waals surface area contributed by atoms with Crippen LogP contribution in [0.1, 0.15) is 25.0 Å². The van der Waals surface area contributed by atoms with E-state index in [9.17, 15) is 0 Å². The van der Waals surface area contributed by atoms with Gasteiger partial charge in [-0.25, -0.2) is 15.0 Å². The van der Waals surface area contributed by atoms with Crippen LogP contribution >= 0.6 is 11.3 Å². The maximum atomic E-state index is 5.29. The molecule has 65 heavy (non-hydrogen) atoms. The normalized spacial score (nSPS) is 12.9. The van der Waals surface area contributed by atoms with Crippen LogP contribution < -0.4 is 0 Å². The summed E-state index contributed by atoms with van der Waals surface area (Å²) in [6, 6.07) is 69.2. The van der Waals surface area contributed by atoms with E-state index in [4.69, 9.17) is 19.9 Å². The highest BCUT2D eigenvalue weighted by molar-refractivity contribution is 7.26. The lowest BCUT2D eigenvalue weighted by Crippen LogP contribution is -2.15. The minimum Gasteiger partial charge on any atom is -0.309 e. The standard InChI is InChI=1S/C59H39N5S/c1-59(2)49-23-13-11-19-41(49)42-28-25-39(35-50(42)59)57-61-56(36-15-5-3-6-16-36)62-58(63-57)46-22-10-9-21-44(46)54-55-45(31-32-60-54)48-34-38(27-30-53(48)65-55)37-26-29-52-47(33-37)43-20-12-14-24-51(43)64(52)40-17-7-4-8-18-40/h3-35H,1-2H3. The summed E-state index contributed by atoms with van der Waals surface area (Å²) < 4.78 is 4.71. The van der Waals surface area contributed by atoms with Crippen molar-refractivity contribution in [3.8, 4) is 73.4 Å². The van der Waals surface area contributed by atoms with E-state index in [1.165, 1.54) is 70.7 Å². The predicted molar refractivity (Wildman–Crippen MR) is 270 cm³/mol. The summed E-state index contributed by atoms with van der Waals surface area (Å²) >= 11 is 1.78. The van der Waals surface area contributed by atoms with E-state index in [2.05, 4.69) is 194 Å². The number of para-hydroxylation sites is 2. The Labute approximate surface area is 380 Å². The molecule has 0 unspecified atom stereocenters. The Balaban J connectivity index is 0.934. The second kappa shape index (κ2) is 14.5. The Morgan fingerprint density at radius 1 is 0.415 bits per heavy atom. The number of rotatable bonds is 6. The minimum absolute atomic E-state index is 0.153. The van der Waals surface area contributed by atoms with Gasteiger partial charge in [0.05, 0.1) is 21.4 Å². The van der Waals surface area contributed by atoms with Crippen LogP contribution in [0.2, 0.25) is 0 Å². The summed E-state index contributed by atoms with van der Waals surface area (Å²) in [5, 5.41) is 4.87. The lowest BCUT2D eigenvalue weighted by molar-refractivity contribution is 0.660. The first-order valence-corrected chi connectivity index (χ1v) is 22.9. The van der Waals surface area contributed by atoms with Crippen LogP contribution in [0.3, 0.4) is 0 Å². The molecule has 0 radical (unpaired) electrons. The van der Waals surface area contributed by atoms with Crippen molar-refractivity contribution in [1.82, 2.24) is 24.5 Å². The molecule has 0 saturated carbocycles. The van der Waals surface area contributed by atoms with Gasteiger partial charge in [0.1, 0.15) is 0 Å². The molecule has 0 fully saturated rings. The third-order valence-corrected chi connectivity index (χ3v) is 14.5. The summed E-state index contributed by atoms with van der Waals surface area (Å²) in [5.41, 5.74) is 15.6. The lowest BCUT2D eigenvalue weighted by atomic mass is 9.82. The van der Waals surface area contributed by atoms with Crippen LogP contribution in [0.4, 0.5) is 0 Å². The van der Waals surface area contributed by atoms with Crippen LogP contribution in [-0.4, -0.2) is 24.5 Å². The molecule has 0 bridgehead atoms. The van der Waals surface area contributed by atoms with Gasteiger partial charge < -0.3 is 4.57 Å². The number of hydrogen-bond donors (Lipinski definition) is 0. The van der Waals surface area contributed by atoms with Crippen molar-refractivity contribution in [2.45, 2.75) is 19.3 Å². The summed E-state index contributed by atoms with van der Waals surface area (Å²) in [7, 11) is 0. The highest BCUT2D eigenvalue weighted by atomic mass is 32.1. The van der Waals surface area contributed by atoms with Crippen molar-refractivity contribution < 1.29 is 0 Å². The molecule has 0 N–H and O–H groups in total. The molecule has 6 heteroatoms. The fourth-order valence-corrected chi connectivity index (χ4v) is 11.3. The van der Waals surface area contributed by atoms with Crippen molar-refractivity contribution in [2.24, 2.45) is 0 Å². The molecular formula is C59H39N5S. The number of benzene rings is 8. The molecule has 4 heterocycles. The molecule has 8 aromatic carbocycles. The summed E-state index contributed by atoms with van der Waals surface area (Å²) in [6.45, 7) is 4.61. The van der Waals surface area contributed by atoms with Gasteiger partial charge in [-0.15, -0.1) is 11.3 Å². The zero-order valence-corrected chi connectivity index (χ0v) is 36.5. The van der Waals surface area contributed by atoms with Crippen molar-refractivity contribution in [3.05, 3.63) is 211 Å². The molecule has 0 amide bonds. The molecule has 1 aliphatic rings. The van der Waals surface area contributed by atoms with E-state index < -0.39 is 0 Å². The number of pyridine rings is 1. The molecule has 1 aliphatic carbocycles. The molecular weight excluding hydrogens is 811 g/mol. The average Bonchev–Trinajstić information content (AvgIpc) is 3.99. The van der Waals surface area contributed by atoms with Crippen molar-refractivity contribution >= 4 is 53.3 Å². The zero-order valence-electron chi connectivity index (χ0n) is 35.7. The molecule has 0 atom stereocenters. The molecule has 306 valence electrons. The number of fused-ring (bicyclic) bond motifs is 9. The van der Waals surface area contributed by atoms with E-state index in [1.807, 2.05) is 24.4 Å². The van der Waals surface area contributed by atoms with Gasteiger partial charge in [-0.2, -0.15) is 0 Å².